The van der Waals surface area contributed by atoms with Crippen LogP contribution in [0.3, 0.4) is 0 Å². The van der Waals surface area contributed by atoms with Crippen LogP contribution in [0, 0.1) is 10.7 Å². The highest BCUT2D eigenvalue weighted by molar-refractivity contribution is 7.98. The number of thioether (sulfide) groups is 1. The van der Waals surface area contributed by atoms with Crippen molar-refractivity contribution in [3.8, 4) is 0 Å². The van der Waals surface area contributed by atoms with Crippen LogP contribution >= 0.6 is 35.6 Å². The number of aromatic amines is 1. The van der Waals surface area contributed by atoms with Gasteiger partial charge in [0.1, 0.15) is 0 Å². The lowest BCUT2D eigenvalue weighted by atomic mass is 10.2. The number of H-pyrrole nitrogens is 1. The zero-order valence-corrected chi connectivity index (χ0v) is 12.3. The number of hydrogen-bond acceptors (Lipinski definition) is 2. The van der Waals surface area contributed by atoms with Gasteiger partial charge in [0.15, 0.2) is 4.77 Å². The van der Waals surface area contributed by atoms with E-state index in [0.717, 1.165) is 33.1 Å². The molecule has 1 atom stereocenters. The first-order chi connectivity index (χ1) is 8.11. The van der Waals surface area contributed by atoms with Gasteiger partial charge >= 0.3 is 0 Å². The van der Waals surface area contributed by atoms with Crippen molar-refractivity contribution < 1.29 is 0 Å². The monoisotopic (exact) mass is 286 g/mol. The van der Waals surface area contributed by atoms with E-state index in [4.69, 9.17) is 23.8 Å². The molecular weight excluding hydrogens is 272 g/mol. The van der Waals surface area contributed by atoms with Crippen LogP contribution in [0.15, 0.2) is 18.2 Å². The number of nitrogens with one attached hydrogen (secondary N) is 1. The second kappa shape index (κ2) is 5.46. The van der Waals surface area contributed by atoms with E-state index in [1.54, 1.807) is 0 Å². The van der Waals surface area contributed by atoms with E-state index in [0.29, 0.717) is 5.92 Å². The van der Waals surface area contributed by atoms with Gasteiger partial charge in [-0.2, -0.15) is 11.8 Å². The molecule has 2 aromatic rings. The maximum absolute atomic E-state index is 6.03. The first kappa shape index (κ1) is 13.0. The number of fused-ring (bicyclic) bond motifs is 1. The van der Waals surface area contributed by atoms with Gasteiger partial charge in [-0.05, 0) is 48.3 Å². The van der Waals surface area contributed by atoms with Crippen LogP contribution in [0.2, 0.25) is 5.02 Å². The number of benzene rings is 1. The Morgan fingerprint density at radius 2 is 2.29 bits per heavy atom. The van der Waals surface area contributed by atoms with E-state index < -0.39 is 0 Å². The van der Waals surface area contributed by atoms with Crippen LogP contribution in [-0.4, -0.2) is 21.6 Å². The SMILES string of the molecule is CSCC(C)Cn1c(=S)[nH]c2ccc(Cl)cc21. The lowest BCUT2D eigenvalue weighted by Crippen LogP contribution is -2.09. The molecular formula is C12H15ClN2S2. The fraction of sp³-hybridized carbons (Fsp3) is 0.417. The summed E-state index contributed by atoms with van der Waals surface area (Å²) >= 11 is 13.3. The Labute approximate surface area is 115 Å². The van der Waals surface area contributed by atoms with Gasteiger partial charge in [0.2, 0.25) is 0 Å². The van der Waals surface area contributed by atoms with Crippen LogP contribution in [-0.2, 0) is 6.54 Å². The smallest absolute Gasteiger partial charge is 0.178 e. The van der Waals surface area contributed by atoms with E-state index in [-0.39, 0.29) is 0 Å². The summed E-state index contributed by atoms with van der Waals surface area (Å²) < 4.78 is 2.91. The van der Waals surface area contributed by atoms with Crippen molar-refractivity contribution in [1.29, 1.82) is 0 Å². The number of imidazole rings is 1. The molecule has 92 valence electrons. The number of aromatic nitrogens is 2. The van der Waals surface area contributed by atoms with Crippen LogP contribution < -0.4 is 0 Å². The second-order valence-electron chi connectivity index (χ2n) is 4.26. The predicted molar refractivity (Wildman–Crippen MR) is 79.7 cm³/mol. The van der Waals surface area contributed by atoms with Crippen LogP contribution in [0.4, 0.5) is 0 Å². The molecule has 5 heteroatoms. The summed E-state index contributed by atoms with van der Waals surface area (Å²) in [6.45, 7) is 3.17. The lowest BCUT2D eigenvalue weighted by molar-refractivity contribution is 0.537. The fourth-order valence-electron chi connectivity index (χ4n) is 1.96. The highest BCUT2D eigenvalue weighted by Gasteiger charge is 2.08. The van der Waals surface area contributed by atoms with Gasteiger partial charge in [-0.1, -0.05) is 18.5 Å². The van der Waals surface area contributed by atoms with Crippen LogP contribution in [0.1, 0.15) is 6.92 Å². The van der Waals surface area contributed by atoms with Crippen molar-refractivity contribution in [3.05, 3.63) is 28.0 Å². The Bertz CT molecular complexity index is 573. The van der Waals surface area contributed by atoms with Gasteiger partial charge in [-0.25, -0.2) is 0 Å². The summed E-state index contributed by atoms with van der Waals surface area (Å²) in [6.07, 6.45) is 2.13. The minimum absolute atomic E-state index is 0.592. The standard InChI is InChI=1S/C12H15ClN2S2/c1-8(7-17-2)6-15-11-5-9(13)3-4-10(11)14-12(15)16/h3-5,8H,6-7H2,1-2H3,(H,14,16). The van der Waals surface area contributed by atoms with Crippen LogP contribution in [0.5, 0.6) is 0 Å². The quantitative estimate of drug-likeness (QED) is 0.844. The first-order valence-electron chi connectivity index (χ1n) is 5.49. The molecule has 0 aliphatic heterocycles. The zero-order chi connectivity index (χ0) is 12.4. The van der Waals surface area contributed by atoms with E-state index in [1.165, 1.54) is 0 Å². The molecule has 0 radical (unpaired) electrons. The van der Waals surface area contributed by atoms with E-state index in [2.05, 4.69) is 22.7 Å². The third kappa shape index (κ3) is 2.87. The van der Waals surface area contributed by atoms with Gasteiger partial charge in [-0.15, -0.1) is 0 Å². The number of nitrogens with zero attached hydrogens (tertiary/aromatic N) is 1. The molecule has 0 saturated carbocycles. The molecule has 1 aromatic heterocycles. The molecule has 1 aromatic carbocycles. The largest absolute Gasteiger partial charge is 0.331 e. The Hall–Kier alpha value is -0.450. The van der Waals surface area contributed by atoms with Crippen LogP contribution in [0.25, 0.3) is 11.0 Å². The van der Waals surface area contributed by atoms with Crippen molar-refractivity contribution in [2.45, 2.75) is 13.5 Å². The summed E-state index contributed by atoms with van der Waals surface area (Å²) in [4.78, 5) is 3.21. The zero-order valence-electron chi connectivity index (χ0n) is 9.87. The van der Waals surface area contributed by atoms with Crippen molar-refractivity contribution in [3.63, 3.8) is 0 Å². The molecule has 0 aliphatic carbocycles. The van der Waals surface area contributed by atoms with Crippen molar-refractivity contribution in [2.24, 2.45) is 5.92 Å². The number of halogens is 1. The Kier molecular flexibility index (Phi) is 4.17. The average Bonchev–Trinajstić information content (AvgIpc) is 2.56. The summed E-state index contributed by atoms with van der Waals surface area (Å²) in [5.41, 5.74) is 2.14. The molecule has 2 rings (SSSR count). The molecule has 1 heterocycles. The summed E-state index contributed by atoms with van der Waals surface area (Å²) in [7, 11) is 0. The Balaban J connectivity index is 2.42. The maximum atomic E-state index is 6.03. The molecule has 0 aliphatic rings. The predicted octanol–water partition coefficient (Wildman–Crippen LogP) is 4.35. The first-order valence-corrected chi connectivity index (χ1v) is 7.67. The van der Waals surface area contributed by atoms with Crippen molar-refractivity contribution in [2.75, 3.05) is 12.0 Å². The average molecular weight is 287 g/mol. The Morgan fingerprint density at radius 1 is 1.53 bits per heavy atom. The number of rotatable bonds is 4. The fourth-order valence-corrected chi connectivity index (χ4v) is 3.08. The molecule has 0 fully saturated rings. The third-order valence-electron chi connectivity index (χ3n) is 2.68. The van der Waals surface area contributed by atoms with Gasteiger partial charge < -0.3 is 9.55 Å². The van der Waals surface area contributed by atoms with Crippen molar-refractivity contribution >= 4 is 46.6 Å². The minimum atomic E-state index is 0.592. The highest BCUT2D eigenvalue weighted by atomic mass is 35.5. The normalized spacial score (nSPS) is 13.1. The highest BCUT2D eigenvalue weighted by Crippen LogP contribution is 2.21. The summed E-state index contributed by atoms with van der Waals surface area (Å²) in [5, 5.41) is 0.748. The molecule has 0 bridgehead atoms. The summed E-state index contributed by atoms with van der Waals surface area (Å²) in [6, 6.07) is 5.82. The lowest BCUT2D eigenvalue weighted by Gasteiger charge is -2.11. The molecule has 0 amide bonds. The Morgan fingerprint density at radius 3 is 3.00 bits per heavy atom. The minimum Gasteiger partial charge on any atom is -0.331 e. The second-order valence-corrected chi connectivity index (χ2v) is 6.00. The maximum Gasteiger partial charge on any atom is 0.178 e. The summed E-state index contributed by atoms with van der Waals surface area (Å²) in [5.74, 6) is 1.73. The van der Waals surface area contributed by atoms with Gasteiger partial charge in [0.25, 0.3) is 0 Å². The van der Waals surface area contributed by atoms with E-state index in [9.17, 15) is 0 Å². The molecule has 0 saturated heterocycles. The third-order valence-corrected chi connectivity index (χ3v) is 4.14. The number of hydrogen-bond donors (Lipinski definition) is 1. The molecule has 2 nitrogen and oxygen atoms in total. The van der Waals surface area contributed by atoms with E-state index in [1.807, 2.05) is 30.0 Å². The van der Waals surface area contributed by atoms with E-state index >= 15 is 0 Å². The van der Waals surface area contributed by atoms with Gasteiger partial charge in [0.05, 0.1) is 11.0 Å². The topological polar surface area (TPSA) is 20.7 Å². The molecule has 1 unspecified atom stereocenters. The molecule has 0 spiro atoms. The van der Waals surface area contributed by atoms with Gasteiger partial charge in [-0.3, -0.25) is 0 Å². The molecule has 17 heavy (non-hydrogen) atoms. The van der Waals surface area contributed by atoms with Crippen molar-refractivity contribution in [1.82, 2.24) is 9.55 Å². The van der Waals surface area contributed by atoms with Gasteiger partial charge in [0, 0.05) is 11.6 Å². The molecule has 1 N–H and O–H groups in total.